The molecule has 0 heterocycles. The molecule has 1 heteroatoms. The average molecular weight is 438 g/mol. The maximum absolute atomic E-state index is 2.82. The van der Waals surface area contributed by atoms with Crippen molar-refractivity contribution in [3.05, 3.63) is 0 Å². The molecule has 31 heavy (non-hydrogen) atoms. The second-order valence-corrected chi connectivity index (χ2v) is 10.3. The molecule has 0 N–H and O–H groups in total. The van der Waals surface area contributed by atoms with Gasteiger partial charge in [0.2, 0.25) is 0 Å². The van der Waals surface area contributed by atoms with Crippen LogP contribution in [0.2, 0.25) is 0 Å². The van der Waals surface area contributed by atoms with Gasteiger partial charge >= 0.3 is 0 Å². The second kappa shape index (κ2) is 28.0. The largest absolute Gasteiger partial charge is 0.303 e. The highest BCUT2D eigenvalue weighted by atomic mass is 15.1. The van der Waals surface area contributed by atoms with Gasteiger partial charge in [-0.05, 0) is 38.9 Å². The lowest BCUT2D eigenvalue weighted by Gasteiger charge is -2.22. The van der Waals surface area contributed by atoms with Gasteiger partial charge in [0.05, 0.1) is 0 Å². The molecule has 0 rings (SSSR count). The fourth-order valence-corrected chi connectivity index (χ4v) is 4.74. The Kier molecular flexibility index (Phi) is 28.0. The predicted octanol–water partition coefficient (Wildman–Crippen LogP) is 10.7. The molecule has 0 aliphatic carbocycles. The number of unbranched alkanes of at least 4 members (excludes halogenated alkanes) is 21. The van der Waals surface area contributed by atoms with Gasteiger partial charge in [-0.15, -0.1) is 0 Å². The van der Waals surface area contributed by atoms with Gasteiger partial charge in [-0.3, -0.25) is 0 Å². The zero-order chi connectivity index (χ0) is 22.7. The molecule has 0 unspecified atom stereocenters. The van der Waals surface area contributed by atoms with E-state index >= 15 is 0 Å². The molecular weight excluding hydrogens is 374 g/mol. The van der Waals surface area contributed by atoms with Crippen LogP contribution in [-0.4, -0.2) is 24.5 Å². The second-order valence-electron chi connectivity index (χ2n) is 10.3. The molecule has 0 spiro atoms. The van der Waals surface area contributed by atoms with Crippen molar-refractivity contribution in [1.29, 1.82) is 0 Å². The van der Waals surface area contributed by atoms with Gasteiger partial charge in [0.15, 0.2) is 0 Å². The van der Waals surface area contributed by atoms with E-state index in [1.165, 1.54) is 174 Å². The molecule has 0 aromatic rings. The zero-order valence-electron chi connectivity index (χ0n) is 22.5. The van der Waals surface area contributed by atoms with Crippen LogP contribution >= 0.6 is 0 Å². The van der Waals surface area contributed by atoms with Gasteiger partial charge in [-0.25, -0.2) is 0 Å². The highest BCUT2D eigenvalue weighted by Gasteiger charge is 2.05. The van der Waals surface area contributed by atoms with Crippen LogP contribution in [0.5, 0.6) is 0 Å². The number of hydrogen-bond donors (Lipinski definition) is 0. The number of hydrogen-bond acceptors (Lipinski definition) is 1. The van der Waals surface area contributed by atoms with Crippen molar-refractivity contribution in [1.82, 2.24) is 4.90 Å². The third-order valence-corrected chi connectivity index (χ3v) is 6.98. The van der Waals surface area contributed by atoms with Gasteiger partial charge in [0.25, 0.3) is 0 Å². The molecule has 0 amide bonds. The van der Waals surface area contributed by atoms with Crippen molar-refractivity contribution in [3.8, 4) is 0 Å². The topological polar surface area (TPSA) is 3.24 Å². The van der Waals surface area contributed by atoms with E-state index in [0.717, 1.165) is 0 Å². The molecule has 0 aliphatic rings. The molecule has 0 saturated carbocycles. The van der Waals surface area contributed by atoms with Crippen LogP contribution in [0, 0.1) is 0 Å². The van der Waals surface area contributed by atoms with Gasteiger partial charge in [-0.1, -0.05) is 156 Å². The summed E-state index contributed by atoms with van der Waals surface area (Å²) in [5.74, 6) is 0. The Balaban J connectivity index is 3.71. The van der Waals surface area contributed by atoms with Crippen molar-refractivity contribution >= 4 is 0 Å². The Bertz CT molecular complexity index is 285. The Morgan fingerprint density at radius 3 is 0.677 bits per heavy atom. The van der Waals surface area contributed by atoms with Crippen molar-refractivity contribution in [2.24, 2.45) is 0 Å². The minimum atomic E-state index is 1.36. The Morgan fingerprint density at radius 2 is 0.452 bits per heavy atom. The molecular formula is C30H63N. The third kappa shape index (κ3) is 26.1. The zero-order valence-corrected chi connectivity index (χ0v) is 22.5. The number of rotatable bonds is 27. The van der Waals surface area contributed by atoms with E-state index in [4.69, 9.17) is 0 Å². The minimum Gasteiger partial charge on any atom is -0.303 e. The molecule has 0 radical (unpaired) electrons. The van der Waals surface area contributed by atoms with Crippen LogP contribution in [0.25, 0.3) is 0 Å². The summed E-state index contributed by atoms with van der Waals surface area (Å²) >= 11 is 0. The van der Waals surface area contributed by atoms with E-state index in [9.17, 15) is 0 Å². The van der Waals surface area contributed by atoms with E-state index in [1.54, 1.807) is 0 Å². The third-order valence-electron chi connectivity index (χ3n) is 6.98. The molecule has 0 aromatic carbocycles. The lowest BCUT2D eigenvalue weighted by Crippen LogP contribution is -2.27. The van der Waals surface area contributed by atoms with Crippen LogP contribution in [-0.2, 0) is 0 Å². The fourth-order valence-electron chi connectivity index (χ4n) is 4.74. The first-order valence-corrected chi connectivity index (χ1v) is 15.1. The Morgan fingerprint density at radius 1 is 0.258 bits per heavy atom. The summed E-state index contributed by atoms with van der Waals surface area (Å²) in [7, 11) is 0. The maximum Gasteiger partial charge on any atom is -0.00187 e. The summed E-state index contributed by atoms with van der Waals surface area (Å²) in [6.07, 6.45) is 34.7. The highest BCUT2D eigenvalue weighted by molar-refractivity contribution is 4.60. The average Bonchev–Trinajstić information content (AvgIpc) is 2.78. The first kappa shape index (κ1) is 31.0. The summed E-state index contributed by atoms with van der Waals surface area (Å²) in [4.78, 5) is 2.82. The van der Waals surface area contributed by atoms with Crippen LogP contribution in [0.3, 0.4) is 0 Å². The van der Waals surface area contributed by atoms with Gasteiger partial charge in [0, 0.05) is 0 Å². The van der Waals surface area contributed by atoms with E-state index in [-0.39, 0.29) is 0 Å². The van der Waals surface area contributed by atoms with Crippen LogP contribution in [0.1, 0.15) is 175 Å². The number of nitrogens with zero attached hydrogens (tertiary/aromatic N) is 1. The first-order valence-electron chi connectivity index (χ1n) is 15.1. The molecule has 0 atom stereocenters. The lowest BCUT2D eigenvalue weighted by molar-refractivity contribution is 0.254. The van der Waals surface area contributed by atoms with Crippen LogP contribution in [0.4, 0.5) is 0 Å². The standard InChI is InChI=1S/C30H63N/c1-4-7-10-13-16-17-18-19-20-21-24-27-30-31(28-25-22-14-11-8-5-2)29-26-23-15-12-9-6-3/h4-30H2,1-3H3. The summed E-state index contributed by atoms with van der Waals surface area (Å²) in [6.45, 7) is 11.0. The first-order chi connectivity index (χ1) is 15.3. The molecule has 0 fully saturated rings. The molecule has 0 aliphatic heterocycles. The summed E-state index contributed by atoms with van der Waals surface area (Å²) in [5.41, 5.74) is 0. The fraction of sp³-hybridized carbons (Fsp3) is 1.00. The lowest BCUT2D eigenvalue weighted by atomic mass is 10.1. The monoisotopic (exact) mass is 437 g/mol. The van der Waals surface area contributed by atoms with Crippen LogP contribution < -0.4 is 0 Å². The van der Waals surface area contributed by atoms with Crippen molar-refractivity contribution in [2.75, 3.05) is 19.6 Å². The summed E-state index contributed by atoms with van der Waals surface area (Å²) in [6, 6.07) is 0. The van der Waals surface area contributed by atoms with Gasteiger partial charge in [0.1, 0.15) is 0 Å². The van der Waals surface area contributed by atoms with E-state index < -0.39 is 0 Å². The summed E-state index contributed by atoms with van der Waals surface area (Å²) < 4.78 is 0. The predicted molar refractivity (Wildman–Crippen MR) is 144 cm³/mol. The van der Waals surface area contributed by atoms with E-state index in [1.807, 2.05) is 0 Å². The van der Waals surface area contributed by atoms with Crippen molar-refractivity contribution in [2.45, 2.75) is 175 Å². The summed E-state index contributed by atoms with van der Waals surface area (Å²) in [5, 5.41) is 0. The van der Waals surface area contributed by atoms with E-state index in [0.29, 0.717) is 0 Å². The normalized spacial score (nSPS) is 11.6. The van der Waals surface area contributed by atoms with Crippen LogP contribution in [0.15, 0.2) is 0 Å². The van der Waals surface area contributed by atoms with E-state index in [2.05, 4.69) is 25.7 Å². The highest BCUT2D eigenvalue weighted by Crippen LogP contribution is 2.13. The van der Waals surface area contributed by atoms with Crippen molar-refractivity contribution in [3.63, 3.8) is 0 Å². The molecule has 0 saturated heterocycles. The Labute approximate surface area is 199 Å². The quantitative estimate of drug-likeness (QED) is 0.115. The molecule has 0 bridgehead atoms. The van der Waals surface area contributed by atoms with Crippen molar-refractivity contribution < 1.29 is 0 Å². The Hall–Kier alpha value is -0.0400. The molecule has 1 nitrogen and oxygen atoms in total. The maximum atomic E-state index is 2.82. The smallest absolute Gasteiger partial charge is 0.00187 e. The minimum absolute atomic E-state index is 1.36. The SMILES string of the molecule is CCCCCCCCCCCCCCN(CCCCCCCC)CCCCCCCC. The van der Waals surface area contributed by atoms with Gasteiger partial charge in [-0.2, -0.15) is 0 Å². The van der Waals surface area contributed by atoms with Gasteiger partial charge < -0.3 is 4.90 Å². The molecule has 0 aromatic heterocycles. The molecule has 188 valence electrons.